The monoisotopic (exact) mass is 568 g/mol. The second-order valence-electron chi connectivity index (χ2n) is 7.43. The van der Waals surface area contributed by atoms with Gasteiger partial charge in [0, 0.05) is 50.6 Å². The van der Waals surface area contributed by atoms with Crippen molar-refractivity contribution in [1.29, 1.82) is 0 Å². The minimum Gasteiger partial charge on any atom is -0.381 e. The molecule has 0 radical (unpaired) electrons. The van der Waals surface area contributed by atoms with Gasteiger partial charge >= 0.3 is 6.18 Å². The molecule has 0 atom stereocenters. The van der Waals surface area contributed by atoms with Gasteiger partial charge in [-0.2, -0.15) is 13.2 Å². The summed E-state index contributed by atoms with van der Waals surface area (Å²) >= 11 is 1.02. The molecule has 0 amide bonds. The molecule has 2 heterocycles. The van der Waals surface area contributed by atoms with Crippen LogP contribution in [0.4, 0.5) is 13.2 Å². The Hall–Kier alpha value is -1.40. The molecular weight excluding hydrogens is 540 g/mol. The maximum absolute atomic E-state index is 12.7. The maximum atomic E-state index is 12.7. The summed E-state index contributed by atoms with van der Waals surface area (Å²) in [5, 5.41) is 8.09. The van der Waals surface area contributed by atoms with E-state index in [0.717, 1.165) is 29.6 Å². The number of ether oxygens (including phenoxy) is 1. The number of hydrogen-bond donors (Lipinski definition) is 2. The van der Waals surface area contributed by atoms with Crippen LogP contribution in [0.15, 0.2) is 34.6 Å². The van der Waals surface area contributed by atoms with E-state index in [1.807, 2.05) is 6.07 Å². The molecule has 0 saturated carbocycles. The Morgan fingerprint density at radius 1 is 1.23 bits per heavy atom. The third-order valence-electron chi connectivity index (χ3n) is 5.46. The van der Waals surface area contributed by atoms with Crippen LogP contribution in [0.2, 0.25) is 0 Å². The SMILES string of the molecule is CN=C(NCCc1nc(C(F)(F)F)cs1)NCC1(c2ccccc2C)CCOCC1.I. The number of halogens is 4. The maximum Gasteiger partial charge on any atom is 0.434 e. The summed E-state index contributed by atoms with van der Waals surface area (Å²) < 4.78 is 43.6. The topological polar surface area (TPSA) is 58.5 Å². The lowest BCUT2D eigenvalue weighted by Crippen LogP contribution is -2.48. The molecule has 10 heteroatoms. The molecule has 2 aromatic rings. The molecule has 1 fully saturated rings. The molecule has 1 aromatic carbocycles. The molecule has 1 aromatic heterocycles. The molecule has 5 nitrogen and oxygen atoms in total. The first-order valence-electron chi connectivity index (χ1n) is 9.94. The van der Waals surface area contributed by atoms with Crippen molar-refractivity contribution in [3.63, 3.8) is 0 Å². The number of benzene rings is 1. The zero-order valence-electron chi connectivity index (χ0n) is 17.6. The van der Waals surface area contributed by atoms with Crippen molar-refractivity contribution in [2.24, 2.45) is 4.99 Å². The fourth-order valence-corrected chi connectivity index (χ4v) is 4.59. The number of guanidine groups is 1. The number of thiazole rings is 1. The van der Waals surface area contributed by atoms with Crippen LogP contribution in [-0.2, 0) is 22.7 Å². The molecular formula is C21H28F3IN4OS. The van der Waals surface area contributed by atoms with E-state index < -0.39 is 11.9 Å². The van der Waals surface area contributed by atoms with Gasteiger partial charge in [-0.05, 0) is 30.9 Å². The van der Waals surface area contributed by atoms with Crippen molar-refractivity contribution < 1.29 is 17.9 Å². The van der Waals surface area contributed by atoms with E-state index in [4.69, 9.17) is 4.74 Å². The van der Waals surface area contributed by atoms with E-state index in [-0.39, 0.29) is 29.4 Å². The average molecular weight is 568 g/mol. The number of nitrogens with one attached hydrogen (secondary N) is 2. The quantitative estimate of drug-likeness (QED) is 0.305. The third kappa shape index (κ3) is 6.79. The van der Waals surface area contributed by atoms with Gasteiger partial charge in [-0.3, -0.25) is 4.99 Å². The zero-order valence-corrected chi connectivity index (χ0v) is 20.7. The van der Waals surface area contributed by atoms with Crippen LogP contribution in [0.25, 0.3) is 0 Å². The fourth-order valence-electron chi connectivity index (χ4n) is 3.79. The Labute approximate surface area is 201 Å². The summed E-state index contributed by atoms with van der Waals surface area (Å²) in [6, 6.07) is 8.42. The van der Waals surface area contributed by atoms with Gasteiger partial charge in [0.1, 0.15) is 0 Å². The molecule has 1 aliphatic rings. The molecule has 0 spiro atoms. The predicted octanol–water partition coefficient (Wildman–Crippen LogP) is 4.54. The molecule has 31 heavy (non-hydrogen) atoms. The van der Waals surface area contributed by atoms with Crippen LogP contribution < -0.4 is 10.6 Å². The lowest BCUT2D eigenvalue weighted by atomic mass is 9.72. The van der Waals surface area contributed by atoms with E-state index >= 15 is 0 Å². The Morgan fingerprint density at radius 3 is 2.55 bits per heavy atom. The highest BCUT2D eigenvalue weighted by atomic mass is 127. The fraction of sp³-hybridized carbons (Fsp3) is 0.524. The van der Waals surface area contributed by atoms with Crippen LogP contribution in [0.1, 0.15) is 34.7 Å². The molecule has 1 aliphatic heterocycles. The van der Waals surface area contributed by atoms with Gasteiger partial charge in [-0.25, -0.2) is 4.98 Å². The largest absolute Gasteiger partial charge is 0.434 e. The van der Waals surface area contributed by atoms with Crippen LogP contribution in [0.5, 0.6) is 0 Å². The predicted molar refractivity (Wildman–Crippen MR) is 129 cm³/mol. The van der Waals surface area contributed by atoms with Crippen molar-refractivity contribution in [2.45, 2.75) is 37.8 Å². The third-order valence-corrected chi connectivity index (χ3v) is 6.37. The number of aryl methyl sites for hydroxylation is 1. The molecule has 1 saturated heterocycles. The number of aliphatic imine (C=N–C) groups is 1. The second kappa shape index (κ2) is 11.5. The first-order valence-corrected chi connectivity index (χ1v) is 10.8. The first-order chi connectivity index (χ1) is 14.3. The molecule has 0 aliphatic carbocycles. The second-order valence-corrected chi connectivity index (χ2v) is 8.38. The smallest absolute Gasteiger partial charge is 0.381 e. The molecule has 2 N–H and O–H groups in total. The van der Waals surface area contributed by atoms with E-state index in [1.54, 1.807) is 7.05 Å². The van der Waals surface area contributed by atoms with Crippen LogP contribution in [0.3, 0.4) is 0 Å². The Kier molecular flexibility index (Phi) is 9.56. The van der Waals surface area contributed by atoms with Crippen molar-refractivity contribution >= 4 is 41.3 Å². The van der Waals surface area contributed by atoms with Crippen molar-refractivity contribution in [2.75, 3.05) is 33.4 Å². The number of hydrogen-bond acceptors (Lipinski definition) is 4. The zero-order chi connectivity index (χ0) is 21.6. The summed E-state index contributed by atoms with van der Waals surface area (Å²) in [5.41, 5.74) is 1.70. The van der Waals surface area contributed by atoms with Crippen LogP contribution in [-0.4, -0.2) is 44.3 Å². The molecule has 172 valence electrons. The van der Waals surface area contributed by atoms with Gasteiger partial charge in [0.05, 0.1) is 5.01 Å². The highest BCUT2D eigenvalue weighted by Gasteiger charge is 2.36. The first kappa shape index (κ1) is 25.9. The van der Waals surface area contributed by atoms with Gasteiger partial charge in [-0.15, -0.1) is 35.3 Å². The van der Waals surface area contributed by atoms with Gasteiger partial charge < -0.3 is 15.4 Å². The summed E-state index contributed by atoms with van der Waals surface area (Å²) in [5.74, 6) is 0.627. The van der Waals surface area contributed by atoms with Crippen molar-refractivity contribution in [3.05, 3.63) is 51.5 Å². The molecule has 3 rings (SSSR count). The Morgan fingerprint density at radius 2 is 1.94 bits per heavy atom. The lowest BCUT2D eigenvalue weighted by molar-refractivity contribution is -0.140. The van der Waals surface area contributed by atoms with E-state index in [9.17, 15) is 13.2 Å². The summed E-state index contributed by atoms with van der Waals surface area (Å²) in [4.78, 5) is 7.92. The minimum absolute atomic E-state index is 0. The normalized spacial score (nSPS) is 16.5. The highest BCUT2D eigenvalue weighted by Crippen LogP contribution is 2.36. The van der Waals surface area contributed by atoms with Gasteiger partial charge in [-0.1, -0.05) is 24.3 Å². The van der Waals surface area contributed by atoms with E-state index in [0.29, 0.717) is 43.7 Å². The molecule has 0 unspecified atom stereocenters. The van der Waals surface area contributed by atoms with Crippen LogP contribution in [0, 0.1) is 6.92 Å². The van der Waals surface area contributed by atoms with Gasteiger partial charge in [0.25, 0.3) is 0 Å². The number of rotatable bonds is 6. The van der Waals surface area contributed by atoms with Gasteiger partial charge in [0.15, 0.2) is 11.7 Å². The van der Waals surface area contributed by atoms with Crippen molar-refractivity contribution in [3.8, 4) is 0 Å². The van der Waals surface area contributed by atoms with Crippen molar-refractivity contribution in [1.82, 2.24) is 15.6 Å². The van der Waals surface area contributed by atoms with Gasteiger partial charge in [0.2, 0.25) is 0 Å². The minimum atomic E-state index is -4.40. The average Bonchev–Trinajstić information content (AvgIpc) is 3.21. The Balaban J connectivity index is 0.00000341. The molecule has 0 bridgehead atoms. The van der Waals surface area contributed by atoms with Crippen LogP contribution >= 0.6 is 35.3 Å². The van der Waals surface area contributed by atoms with E-state index in [1.165, 1.54) is 11.1 Å². The number of aromatic nitrogens is 1. The summed E-state index contributed by atoms with van der Waals surface area (Å²) in [7, 11) is 1.69. The lowest BCUT2D eigenvalue weighted by Gasteiger charge is -2.39. The van der Waals surface area contributed by atoms with E-state index in [2.05, 4.69) is 45.7 Å². The number of nitrogens with zero attached hydrogens (tertiary/aromatic N) is 2. The number of alkyl halides is 3. The summed E-state index contributed by atoms with van der Waals surface area (Å²) in [6.45, 7) is 4.71. The Bertz CT molecular complexity index is 866. The standard InChI is InChI=1S/C21H27F3N4OS.HI/c1-15-5-3-4-6-16(15)20(8-11-29-12-9-20)14-27-19(25-2)26-10-7-18-28-17(13-30-18)21(22,23)24;/h3-6,13H,7-12,14H2,1-2H3,(H2,25,26,27);1H. The summed E-state index contributed by atoms with van der Waals surface area (Å²) in [6.07, 6.45) is -2.16. The highest BCUT2D eigenvalue weighted by molar-refractivity contribution is 14.0.